The van der Waals surface area contributed by atoms with Crippen LogP contribution in [-0.2, 0) is 20.0 Å². The topological polar surface area (TPSA) is 80.4 Å². The van der Waals surface area contributed by atoms with Crippen molar-refractivity contribution in [2.24, 2.45) is 7.05 Å². The molecule has 2 aromatic heterocycles. The number of para-hydroxylation sites is 1. The number of fused-ring (bicyclic) bond motifs is 2. The Morgan fingerprint density at radius 1 is 1.36 bits per heavy atom. The molecule has 146 valence electrons. The zero-order valence-electron chi connectivity index (χ0n) is 15.7. The third-order valence-electron chi connectivity index (χ3n) is 4.94. The van der Waals surface area contributed by atoms with Gasteiger partial charge in [0.2, 0.25) is 0 Å². The van der Waals surface area contributed by atoms with Gasteiger partial charge in [0.05, 0.1) is 18.3 Å². The minimum Gasteiger partial charge on any atom is -0.451 e. The van der Waals surface area contributed by atoms with Crippen molar-refractivity contribution in [2.45, 2.75) is 25.9 Å². The smallest absolute Gasteiger partial charge is 0.289 e. The van der Waals surface area contributed by atoms with E-state index in [1.807, 2.05) is 24.3 Å². The van der Waals surface area contributed by atoms with Crippen LogP contribution in [0.15, 0.2) is 34.7 Å². The number of hydrogen-bond acceptors (Lipinski definition) is 4. The lowest BCUT2D eigenvalue weighted by Gasteiger charge is -2.26. The Kier molecular flexibility index (Phi) is 4.62. The van der Waals surface area contributed by atoms with Gasteiger partial charge in [0.1, 0.15) is 18.0 Å². The molecule has 1 aliphatic heterocycles. The van der Waals surface area contributed by atoms with Crippen molar-refractivity contribution in [1.82, 2.24) is 20.0 Å². The van der Waals surface area contributed by atoms with Gasteiger partial charge in [0, 0.05) is 31.0 Å². The van der Waals surface area contributed by atoms with Crippen LogP contribution < -0.4 is 5.32 Å². The van der Waals surface area contributed by atoms with E-state index in [0.29, 0.717) is 29.8 Å². The number of hydrogen-bond donors (Lipinski definition) is 1. The van der Waals surface area contributed by atoms with Crippen molar-refractivity contribution in [3.05, 3.63) is 53.0 Å². The van der Waals surface area contributed by atoms with Crippen LogP contribution in [0.4, 0.5) is 4.39 Å². The minimum atomic E-state index is -0.650. The van der Waals surface area contributed by atoms with Crippen LogP contribution in [0.2, 0.25) is 0 Å². The van der Waals surface area contributed by atoms with Gasteiger partial charge in [-0.3, -0.25) is 14.3 Å². The number of nitrogens with zero attached hydrogens (tertiary/aromatic N) is 3. The molecule has 0 radical (unpaired) electrons. The quantitative estimate of drug-likeness (QED) is 0.749. The number of aromatic nitrogens is 2. The van der Waals surface area contributed by atoms with Gasteiger partial charge < -0.3 is 14.6 Å². The van der Waals surface area contributed by atoms with E-state index in [2.05, 4.69) is 10.4 Å². The molecule has 4 rings (SSSR count). The molecule has 0 fully saturated rings. The van der Waals surface area contributed by atoms with Crippen molar-refractivity contribution in [2.75, 3.05) is 13.2 Å². The van der Waals surface area contributed by atoms with Crippen molar-refractivity contribution in [1.29, 1.82) is 0 Å². The first kappa shape index (κ1) is 18.2. The summed E-state index contributed by atoms with van der Waals surface area (Å²) >= 11 is 0. The highest BCUT2D eigenvalue weighted by Crippen LogP contribution is 2.25. The molecule has 3 heterocycles. The second-order valence-corrected chi connectivity index (χ2v) is 7.05. The fourth-order valence-electron chi connectivity index (χ4n) is 3.53. The second kappa shape index (κ2) is 7.10. The number of alkyl halides is 1. The Morgan fingerprint density at radius 3 is 2.89 bits per heavy atom. The predicted octanol–water partition coefficient (Wildman–Crippen LogP) is 2.45. The van der Waals surface area contributed by atoms with E-state index in [9.17, 15) is 14.0 Å². The van der Waals surface area contributed by atoms with Crippen LogP contribution in [0.5, 0.6) is 0 Å². The van der Waals surface area contributed by atoms with E-state index in [0.717, 1.165) is 11.1 Å². The second-order valence-electron chi connectivity index (χ2n) is 7.05. The van der Waals surface area contributed by atoms with Gasteiger partial charge in [-0.2, -0.15) is 5.10 Å². The molecule has 0 saturated heterocycles. The van der Waals surface area contributed by atoms with Crippen LogP contribution in [0.1, 0.15) is 39.2 Å². The maximum Gasteiger partial charge on any atom is 0.289 e. The summed E-state index contributed by atoms with van der Waals surface area (Å²) in [6.07, 6.45) is 0.543. The summed E-state index contributed by atoms with van der Waals surface area (Å²) in [6.45, 7) is 1.69. The van der Waals surface area contributed by atoms with E-state index >= 15 is 0 Å². The third kappa shape index (κ3) is 3.15. The number of amides is 2. The highest BCUT2D eigenvalue weighted by molar-refractivity contribution is 5.97. The van der Waals surface area contributed by atoms with Crippen LogP contribution in [0, 0.1) is 0 Å². The third-order valence-corrected chi connectivity index (χ3v) is 4.94. The molecule has 2 amide bonds. The standard InChI is InChI=1S/C20H21FN4O3/c1-12(10-21)22-19(26)18-14-11-25(8-7-15(14)23-24(18)2)20(27)17-9-13-5-3-4-6-16(13)28-17/h3-6,9,12H,7-8,10-11H2,1-2H3,(H,22,26). The summed E-state index contributed by atoms with van der Waals surface area (Å²) in [4.78, 5) is 27.2. The fourth-order valence-corrected chi connectivity index (χ4v) is 3.53. The summed E-state index contributed by atoms with van der Waals surface area (Å²) in [5.41, 5.74) is 2.50. The number of nitrogens with one attached hydrogen (secondary N) is 1. The maximum absolute atomic E-state index is 12.9. The molecule has 0 spiro atoms. The lowest BCUT2D eigenvalue weighted by atomic mass is 10.0. The van der Waals surface area contributed by atoms with Gasteiger partial charge >= 0.3 is 0 Å². The zero-order valence-corrected chi connectivity index (χ0v) is 15.7. The van der Waals surface area contributed by atoms with Crippen molar-refractivity contribution in [3.8, 4) is 0 Å². The summed E-state index contributed by atoms with van der Waals surface area (Å²) in [5, 5.41) is 7.89. The van der Waals surface area contributed by atoms with Gasteiger partial charge in [0.15, 0.2) is 5.76 Å². The SMILES string of the molecule is CC(CF)NC(=O)c1c2c(nn1C)CCN(C(=O)c1cc3ccccc3o1)C2. The number of rotatable bonds is 4. The molecule has 1 atom stereocenters. The summed E-state index contributed by atoms with van der Waals surface area (Å²) in [7, 11) is 1.68. The maximum atomic E-state index is 12.9. The molecular weight excluding hydrogens is 363 g/mol. The van der Waals surface area contributed by atoms with Crippen molar-refractivity contribution < 1.29 is 18.4 Å². The molecule has 1 aromatic carbocycles. The monoisotopic (exact) mass is 384 g/mol. The number of carbonyl (C=O) groups is 2. The number of benzene rings is 1. The average molecular weight is 384 g/mol. The summed E-state index contributed by atoms with van der Waals surface area (Å²) < 4.78 is 20.0. The molecule has 3 aromatic rings. The Bertz CT molecular complexity index is 1020. The van der Waals surface area contributed by atoms with E-state index < -0.39 is 12.7 Å². The molecule has 28 heavy (non-hydrogen) atoms. The number of carbonyl (C=O) groups excluding carboxylic acids is 2. The van der Waals surface area contributed by atoms with E-state index in [4.69, 9.17) is 4.42 Å². The van der Waals surface area contributed by atoms with E-state index in [1.165, 1.54) is 4.68 Å². The molecular formula is C20H21FN4O3. The Balaban J connectivity index is 1.60. The lowest BCUT2D eigenvalue weighted by molar-refractivity contribution is 0.0701. The zero-order chi connectivity index (χ0) is 19.8. The van der Waals surface area contributed by atoms with Gasteiger partial charge in [-0.1, -0.05) is 18.2 Å². The molecule has 1 unspecified atom stereocenters. The van der Waals surface area contributed by atoms with Gasteiger partial charge in [-0.25, -0.2) is 4.39 Å². The molecule has 8 heteroatoms. The predicted molar refractivity (Wildman–Crippen MR) is 101 cm³/mol. The fraction of sp³-hybridized carbons (Fsp3) is 0.350. The molecule has 1 aliphatic rings. The lowest BCUT2D eigenvalue weighted by Crippen LogP contribution is -2.38. The first-order valence-corrected chi connectivity index (χ1v) is 9.17. The summed E-state index contributed by atoms with van der Waals surface area (Å²) in [6, 6.07) is 8.59. The Labute approximate surface area is 161 Å². The Morgan fingerprint density at radius 2 is 2.14 bits per heavy atom. The molecule has 0 saturated carbocycles. The largest absolute Gasteiger partial charge is 0.451 e. The molecule has 1 N–H and O–H groups in total. The normalized spacial score (nSPS) is 14.8. The van der Waals surface area contributed by atoms with Gasteiger partial charge in [-0.05, 0) is 19.1 Å². The number of furan rings is 1. The van der Waals surface area contributed by atoms with Crippen LogP contribution >= 0.6 is 0 Å². The van der Waals surface area contributed by atoms with Crippen molar-refractivity contribution >= 4 is 22.8 Å². The van der Waals surface area contributed by atoms with Crippen LogP contribution in [0.25, 0.3) is 11.0 Å². The number of aryl methyl sites for hydroxylation is 1. The van der Waals surface area contributed by atoms with Crippen LogP contribution in [0.3, 0.4) is 0 Å². The molecule has 0 bridgehead atoms. The first-order valence-electron chi connectivity index (χ1n) is 9.17. The highest BCUT2D eigenvalue weighted by atomic mass is 19.1. The first-order chi connectivity index (χ1) is 13.5. The average Bonchev–Trinajstić information content (AvgIpc) is 3.26. The highest BCUT2D eigenvalue weighted by Gasteiger charge is 2.31. The minimum absolute atomic E-state index is 0.228. The van der Waals surface area contributed by atoms with Crippen molar-refractivity contribution in [3.63, 3.8) is 0 Å². The van der Waals surface area contributed by atoms with E-state index in [-0.39, 0.29) is 24.1 Å². The Hall–Kier alpha value is -3.16. The molecule has 0 aliphatic carbocycles. The van der Waals surface area contributed by atoms with Gasteiger partial charge in [0.25, 0.3) is 11.8 Å². The van der Waals surface area contributed by atoms with Crippen LogP contribution in [-0.4, -0.2) is 45.8 Å². The summed E-state index contributed by atoms with van der Waals surface area (Å²) in [5.74, 6) is -0.348. The molecule has 7 nitrogen and oxygen atoms in total. The van der Waals surface area contributed by atoms with Gasteiger partial charge in [-0.15, -0.1) is 0 Å². The number of halogens is 1. The van der Waals surface area contributed by atoms with E-state index in [1.54, 1.807) is 24.9 Å².